The van der Waals surface area contributed by atoms with Crippen molar-refractivity contribution in [3.05, 3.63) is 29.8 Å². The predicted octanol–water partition coefficient (Wildman–Crippen LogP) is 4.08. The molecule has 3 nitrogen and oxygen atoms in total. The molecule has 0 aromatic heterocycles. The fourth-order valence-corrected chi connectivity index (χ4v) is 3.12. The Hall–Kier alpha value is -1.75. The molecule has 25 heavy (non-hydrogen) atoms. The van der Waals surface area contributed by atoms with Crippen molar-refractivity contribution in [3.8, 4) is 23.7 Å². The molecule has 1 rings (SSSR count). The van der Waals surface area contributed by atoms with E-state index in [1.807, 2.05) is 48.5 Å². The number of nitrogens with zero attached hydrogens (tertiary/aromatic N) is 1. The van der Waals surface area contributed by atoms with Crippen LogP contribution in [0.25, 0.3) is 0 Å². The minimum atomic E-state index is -3.62. The molecule has 0 aliphatic rings. The van der Waals surface area contributed by atoms with Gasteiger partial charge in [-0.25, -0.2) is 8.42 Å². The molecule has 0 spiro atoms. The van der Waals surface area contributed by atoms with Gasteiger partial charge in [-0.05, 0) is 60.6 Å². The number of rotatable bonds is 4. The lowest BCUT2D eigenvalue weighted by Crippen LogP contribution is -2.32. The summed E-state index contributed by atoms with van der Waals surface area (Å²) in [4.78, 5) is 0.271. The monoisotopic (exact) mass is 359 g/mol. The molecule has 0 aliphatic heterocycles. The highest BCUT2D eigenvalue weighted by atomic mass is 32.2. The quantitative estimate of drug-likeness (QED) is 0.760. The van der Waals surface area contributed by atoms with Gasteiger partial charge in [0.2, 0.25) is 10.0 Å². The van der Waals surface area contributed by atoms with Gasteiger partial charge >= 0.3 is 0 Å². The average molecular weight is 360 g/mol. The predicted molar refractivity (Wildman–Crippen MR) is 104 cm³/mol. The summed E-state index contributed by atoms with van der Waals surface area (Å²) in [5, 5.41) is 0. The molecule has 0 bridgehead atoms. The first kappa shape index (κ1) is 21.3. The van der Waals surface area contributed by atoms with E-state index in [9.17, 15) is 8.42 Å². The van der Waals surface area contributed by atoms with E-state index in [0.29, 0.717) is 0 Å². The smallest absolute Gasteiger partial charge is 0.207 e. The van der Waals surface area contributed by atoms with Crippen molar-refractivity contribution >= 4 is 10.0 Å². The molecule has 0 fully saturated rings. The van der Waals surface area contributed by atoms with Gasteiger partial charge < -0.3 is 0 Å². The van der Waals surface area contributed by atoms with Crippen molar-refractivity contribution in [1.29, 1.82) is 0 Å². The maximum Gasteiger partial charge on any atom is 0.244 e. The van der Waals surface area contributed by atoms with Crippen molar-refractivity contribution in [2.75, 3.05) is 13.1 Å². The standard InChI is InChI=1S/C21H29NO2S/c1-18-10-12-19(13-11-18)25(23,24)22(16-8-14-20(2,3)4)17-9-15-21(5,6)7/h10-13H,16-17H2,1-7H3. The van der Waals surface area contributed by atoms with Crippen LogP contribution >= 0.6 is 0 Å². The van der Waals surface area contributed by atoms with Crippen LogP contribution in [0.5, 0.6) is 0 Å². The Balaban J connectivity index is 3.16. The molecular formula is C21H29NO2S. The summed E-state index contributed by atoms with van der Waals surface area (Å²) >= 11 is 0. The molecule has 0 heterocycles. The molecule has 1 aromatic rings. The molecular weight excluding hydrogens is 330 g/mol. The number of benzene rings is 1. The first-order chi connectivity index (χ1) is 11.3. The van der Waals surface area contributed by atoms with Crippen LogP contribution in [0.2, 0.25) is 0 Å². The van der Waals surface area contributed by atoms with Gasteiger partial charge in [0.05, 0.1) is 18.0 Å². The molecule has 4 heteroatoms. The van der Waals surface area contributed by atoms with E-state index in [2.05, 4.69) is 23.7 Å². The normalized spacial score (nSPS) is 12.2. The van der Waals surface area contributed by atoms with Gasteiger partial charge in [0, 0.05) is 10.8 Å². The highest BCUT2D eigenvalue weighted by Crippen LogP contribution is 2.17. The second-order valence-corrected chi connectivity index (χ2v) is 10.1. The van der Waals surface area contributed by atoms with Gasteiger partial charge in [0.25, 0.3) is 0 Å². The van der Waals surface area contributed by atoms with Crippen LogP contribution < -0.4 is 0 Å². The fraction of sp³-hybridized carbons (Fsp3) is 0.524. The van der Waals surface area contributed by atoms with E-state index in [-0.39, 0.29) is 28.8 Å². The molecule has 0 saturated heterocycles. The lowest BCUT2D eigenvalue weighted by atomic mass is 9.98. The lowest BCUT2D eigenvalue weighted by molar-refractivity contribution is 0.479. The van der Waals surface area contributed by atoms with Crippen LogP contribution in [0, 0.1) is 41.4 Å². The zero-order valence-corrected chi connectivity index (χ0v) is 17.2. The minimum absolute atomic E-state index is 0.131. The molecule has 0 saturated carbocycles. The van der Waals surface area contributed by atoms with Gasteiger partial charge in [0.15, 0.2) is 0 Å². The number of hydrogen-bond donors (Lipinski definition) is 0. The summed E-state index contributed by atoms with van der Waals surface area (Å²) in [5.41, 5.74) is 0.679. The van der Waals surface area contributed by atoms with E-state index in [4.69, 9.17) is 0 Å². The topological polar surface area (TPSA) is 37.4 Å². The second-order valence-electron chi connectivity index (χ2n) is 8.19. The van der Waals surface area contributed by atoms with Crippen molar-refractivity contribution in [2.45, 2.75) is 53.4 Å². The molecule has 0 aliphatic carbocycles. The molecule has 0 N–H and O–H groups in total. The summed E-state index contributed by atoms with van der Waals surface area (Å²) in [6, 6.07) is 6.86. The molecule has 0 radical (unpaired) electrons. The van der Waals surface area contributed by atoms with Crippen molar-refractivity contribution in [1.82, 2.24) is 4.31 Å². The van der Waals surface area contributed by atoms with Crippen LogP contribution in [0.15, 0.2) is 29.2 Å². The Bertz CT molecular complexity index is 766. The third-order valence-corrected chi connectivity index (χ3v) is 4.90. The van der Waals surface area contributed by atoms with Gasteiger partial charge in [-0.3, -0.25) is 0 Å². The highest BCUT2D eigenvalue weighted by Gasteiger charge is 2.23. The third kappa shape index (κ3) is 7.78. The highest BCUT2D eigenvalue weighted by molar-refractivity contribution is 7.89. The lowest BCUT2D eigenvalue weighted by Gasteiger charge is -2.18. The van der Waals surface area contributed by atoms with E-state index in [0.717, 1.165) is 5.56 Å². The molecule has 0 unspecified atom stereocenters. The number of aryl methyl sites for hydroxylation is 1. The van der Waals surface area contributed by atoms with Crippen LogP contribution in [0.3, 0.4) is 0 Å². The Labute approximate surface area is 153 Å². The zero-order valence-electron chi connectivity index (χ0n) is 16.4. The SMILES string of the molecule is Cc1ccc(S(=O)(=O)N(CC#CC(C)(C)C)CC#CC(C)(C)C)cc1. The van der Waals surface area contributed by atoms with Crippen molar-refractivity contribution < 1.29 is 8.42 Å². The molecule has 0 atom stereocenters. The van der Waals surface area contributed by atoms with Crippen LogP contribution in [0.1, 0.15) is 47.1 Å². The van der Waals surface area contributed by atoms with Crippen molar-refractivity contribution in [3.63, 3.8) is 0 Å². The number of hydrogen-bond acceptors (Lipinski definition) is 2. The van der Waals surface area contributed by atoms with Gasteiger partial charge in [-0.15, -0.1) is 0 Å². The maximum absolute atomic E-state index is 12.9. The summed E-state index contributed by atoms with van der Waals surface area (Å²) in [7, 11) is -3.62. The summed E-state index contributed by atoms with van der Waals surface area (Å²) in [6.07, 6.45) is 0. The fourth-order valence-electron chi connectivity index (χ4n) is 1.87. The Morgan fingerprint density at radius 2 is 1.24 bits per heavy atom. The van der Waals surface area contributed by atoms with E-state index >= 15 is 0 Å². The largest absolute Gasteiger partial charge is 0.244 e. The third-order valence-electron chi connectivity index (χ3n) is 3.10. The first-order valence-electron chi connectivity index (χ1n) is 8.38. The molecule has 0 amide bonds. The van der Waals surface area contributed by atoms with Gasteiger partial charge in [0.1, 0.15) is 0 Å². The van der Waals surface area contributed by atoms with Crippen LogP contribution in [0.4, 0.5) is 0 Å². The Morgan fingerprint density at radius 3 is 1.60 bits per heavy atom. The summed E-state index contributed by atoms with van der Waals surface area (Å²) in [5.74, 6) is 12.2. The van der Waals surface area contributed by atoms with Crippen LogP contribution in [-0.2, 0) is 10.0 Å². The second kappa shape index (κ2) is 8.09. The van der Waals surface area contributed by atoms with E-state index < -0.39 is 10.0 Å². The Morgan fingerprint density at radius 1 is 0.840 bits per heavy atom. The van der Waals surface area contributed by atoms with Crippen LogP contribution in [-0.4, -0.2) is 25.8 Å². The summed E-state index contributed by atoms with van der Waals surface area (Å²) in [6.45, 7) is 14.2. The number of sulfonamides is 1. The minimum Gasteiger partial charge on any atom is -0.207 e. The van der Waals surface area contributed by atoms with E-state index in [1.165, 1.54) is 4.31 Å². The van der Waals surface area contributed by atoms with Crippen molar-refractivity contribution in [2.24, 2.45) is 10.8 Å². The Kier molecular flexibility index (Phi) is 6.89. The van der Waals surface area contributed by atoms with Gasteiger partial charge in [-0.1, -0.05) is 41.4 Å². The summed E-state index contributed by atoms with van der Waals surface area (Å²) < 4.78 is 27.2. The molecule has 136 valence electrons. The average Bonchev–Trinajstić information content (AvgIpc) is 2.43. The van der Waals surface area contributed by atoms with Gasteiger partial charge in [-0.2, -0.15) is 4.31 Å². The zero-order chi connectivity index (χ0) is 19.3. The first-order valence-corrected chi connectivity index (χ1v) is 9.82. The maximum atomic E-state index is 12.9. The molecule has 1 aromatic carbocycles. The van der Waals surface area contributed by atoms with E-state index in [1.54, 1.807) is 24.3 Å².